The topological polar surface area (TPSA) is 60.2 Å². The van der Waals surface area contributed by atoms with Gasteiger partial charge in [0.15, 0.2) is 5.82 Å². The second-order valence-electron chi connectivity index (χ2n) is 3.58. The first kappa shape index (κ1) is 11.4. The molecule has 0 saturated carbocycles. The maximum absolute atomic E-state index is 5.42. The minimum atomic E-state index is 0.435. The van der Waals surface area contributed by atoms with Gasteiger partial charge in [-0.1, -0.05) is 17.3 Å². The standard InChI is InChI=1S/C12H15N3O2/c1-3-16-11-6-4-5-10(7-11)8-13-12-14-9(2)15-17-12/h4-7H,3,8H2,1-2H3,(H,13,14,15). The van der Waals surface area contributed by atoms with E-state index in [4.69, 9.17) is 9.26 Å². The van der Waals surface area contributed by atoms with Gasteiger partial charge in [-0.25, -0.2) is 0 Å². The van der Waals surface area contributed by atoms with Gasteiger partial charge in [-0.2, -0.15) is 4.98 Å². The number of ether oxygens (including phenoxy) is 1. The third-order valence-corrected chi connectivity index (χ3v) is 2.18. The van der Waals surface area contributed by atoms with E-state index in [1.165, 1.54) is 0 Å². The number of rotatable bonds is 5. The highest BCUT2D eigenvalue weighted by molar-refractivity contribution is 5.31. The molecule has 1 N–H and O–H groups in total. The highest BCUT2D eigenvalue weighted by atomic mass is 16.5. The molecule has 90 valence electrons. The lowest BCUT2D eigenvalue weighted by molar-refractivity contribution is 0.340. The fourth-order valence-electron chi connectivity index (χ4n) is 1.46. The van der Waals surface area contributed by atoms with E-state index in [-0.39, 0.29) is 0 Å². The van der Waals surface area contributed by atoms with Gasteiger partial charge in [0.25, 0.3) is 0 Å². The van der Waals surface area contributed by atoms with Crippen molar-refractivity contribution in [1.29, 1.82) is 0 Å². The Morgan fingerprint density at radius 2 is 2.29 bits per heavy atom. The van der Waals surface area contributed by atoms with E-state index in [0.717, 1.165) is 11.3 Å². The summed E-state index contributed by atoms with van der Waals surface area (Å²) in [6, 6.07) is 8.33. The number of aromatic nitrogens is 2. The summed E-state index contributed by atoms with van der Waals surface area (Å²) in [5.41, 5.74) is 1.10. The highest BCUT2D eigenvalue weighted by Gasteiger charge is 2.02. The van der Waals surface area contributed by atoms with Gasteiger partial charge >= 0.3 is 6.01 Å². The fraction of sp³-hybridized carbons (Fsp3) is 0.333. The molecule has 1 aromatic carbocycles. The molecule has 0 saturated heterocycles. The lowest BCUT2D eigenvalue weighted by Crippen LogP contribution is -2.00. The van der Waals surface area contributed by atoms with E-state index < -0.39 is 0 Å². The molecule has 0 fully saturated rings. The zero-order valence-corrected chi connectivity index (χ0v) is 9.93. The molecular formula is C12H15N3O2. The predicted octanol–water partition coefficient (Wildman–Crippen LogP) is 2.39. The van der Waals surface area contributed by atoms with Crippen LogP contribution in [-0.2, 0) is 6.54 Å². The third kappa shape index (κ3) is 3.21. The summed E-state index contributed by atoms with van der Waals surface area (Å²) < 4.78 is 10.4. The molecule has 5 heteroatoms. The quantitative estimate of drug-likeness (QED) is 0.859. The van der Waals surface area contributed by atoms with Crippen LogP contribution in [0.25, 0.3) is 0 Å². The first-order chi connectivity index (χ1) is 8.28. The summed E-state index contributed by atoms with van der Waals surface area (Å²) in [5.74, 6) is 1.49. The van der Waals surface area contributed by atoms with E-state index in [2.05, 4.69) is 15.5 Å². The molecule has 1 aromatic heterocycles. The van der Waals surface area contributed by atoms with Crippen LogP contribution in [0.5, 0.6) is 5.75 Å². The molecule has 0 radical (unpaired) electrons. The second-order valence-corrected chi connectivity index (χ2v) is 3.58. The van der Waals surface area contributed by atoms with Gasteiger partial charge in [0.1, 0.15) is 5.75 Å². The Morgan fingerprint density at radius 3 is 3.00 bits per heavy atom. The largest absolute Gasteiger partial charge is 0.494 e. The van der Waals surface area contributed by atoms with E-state index >= 15 is 0 Å². The molecule has 5 nitrogen and oxygen atoms in total. The number of anilines is 1. The van der Waals surface area contributed by atoms with Crippen molar-refractivity contribution in [3.63, 3.8) is 0 Å². The maximum Gasteiger partial charge on any atom is 0.321 e. The first-order valence-electron chi connectivity index (χ1n) is 5.54. The highest BCUT2D eigenvalue weighted by Crippen LogP contribution is 2.14. The summed E-state index contributed by atoms with van der Waals surface area (Å²) in [6.07, 6.45) is 0. The number of nitrogens with one attached hydrogen (secondary N) is 1. The van der Waals surface area contributed by atoms with Crippen molar-refractivity contribution in [2.45, 2.75) is 20.4 Å². The summed E-state index contributed by atoms with van der Waals surface area (Å²) in [4.78, 5) is 4.06. The molecule has 1 heterocycles. The Morgan fingerprint density at radius 1 is 1.41 bits per heavy atom. The molecular weight excluding hydrogens is 218 g/mol. The molecule has 0 atom stereocenters. The van der Waals surface area contributed by atoms with Crippen LogP contribution in [0.2, 0.25) is 0 Å². The molecule has 0 aliphatic carbocycles. The zero-order valence-electron chi connectivity index (χ0n) is 9.93. The van der Waals surface area contributed by atoms with Gasteiger partial charge in [0.2, 0.25) is 0 Å². The normalized spacial score (nSPS) is 10.2. The van der Waals surface area contributed by atoms with E-state index in [1.807, 2.05) is 31.2 Å². The lowest BCUT2D eigenvalue weighted by atomic mass is 10.2. The van der Waals surface area contributed by atoms with Crippen LogP contribution in [0.15, 0.2) is 28.8 Å². The minimum absolute atomic E-state index is 0.435. The van der Waals surface area contributed by atoms with Gasteiger partial charge in [-0.3, -0.25) is 0 Å². The Kier molecular flexibility index (Phi) is 3.59. The Bertz CT molecular complexity index is 482. The molecule has 0 unspecified atom stereocenters. The molecule has 0 bridgehead atoms. The van der Waals surface area contributed by atoms with Crippen molar-refractivity contribution in [2.24, 2.45) is 0 Å². The number of benzene rings is 1. The Labute approximate surface area is 99.8 Å². The summed E-state index contributed by atoms with van der Waals surface area (Å²) >= 11 is 0. The maximum atomic E-state index is 5.42. The number of aryl methyl sites for hydroxylation is 1. The van der Waals surface area contributed by atoms with Crippen molar-refractivity contribution >= 4 is 6.01 Å². The Hall–Kier alpha value is -2.04. The van der Waals surface area contributed by atoms with Crippen LogP contribution in [0.1, 0.15) is 18.3 Å². The lowest BCUT2D eigenvalue weighted by Gasteiger charge is -2.05. The summed E-state index contributed by atoms with van der Waals surface area (Å²) in [6.45, 7) is 5.04. The smallest absolute Gasteiger partial charge is 0.321 e. The average molecular weight is 233 g/mol. The average Bonchev–Trinajstić information content (AvgIpc) is 2.74. The van der Waals surface area contributed by atoms with Gasteiger partial charge < -0.3 is 14.6 Å². The number of hydrogen-bond acceptors (Lipinski definition) is 5. The molecule has 17 heavy (non-hydrogen) atoms. The minimum Gasteiger partial charge on any atom is -0.494 e. The molecule has 0 spiro atoms. The van der Waals surface area contributed by atoms with E-state index in [0.29, 0.717) is 25.0 Å². The molecule has 0 aliphatic heterocycles. The van der Waals surface area contributed by atoms with Gasteiger partial charge in [-0.05, 0) is 31.5 Å². The Balaban J connectivity index is 1.96. The van der Waals surface area contributed by atoms with Crippen molar-refractivity contribution in [3.05, 3.63) is 35.7 Å². The van der Waals surface area contributed by atoms with Crippen molar-refractivity contribution in [3.8, 4) is 5.75 Å². The molecule has 0 aliphatic rings. The first-order valence-corrected chi connectivity index (χ1v) is 5.54. The zero-order chi connectivity index (χ0) is 12.1. The van der Waals surface area contributed by atoms with Gasteiger partial charge in [0.05, 0.1) is 6.61 Å². The van der Waals surface area contributed by atoms with Gasteiger partial charge in [-0.15, -0.1) is 0 Å². The van der Waals surface area contributed by atoms with Crippen LogP contribution in [0.3, 0.4) is 0 Å². The fourth-order valence-corrected chi connectivity index (χ4v) is 1.46. The van der Waals surface area contributed by atoms with Crippen LogP contribution in [0.4, 0.5) is 6.01 Å². The molecule has 0 amide bonds. The van der Waals surface area contributed by atoms with E-state index in [9.17, 15) is 0 Å². The number of hydrogen-bond donors (Lipinski definition) is 1. The van der Waals surface area contributed by atoms with Crippen molar-refractivity contribution in [1.82, 2.24) is 10.1 Å². The van der Waals surface area contributed by atoms with Gasteiger partial charge in [0, 0.05) is 6.54 Å². The number of nitrogens with zero attached hydrogens (tertiary/aromatic N) is 2. The summed E-state index contributed by atoms with van der Waals surface area (Å²) in [5, 5.41) is 6.76. The molecule has 2 rings (SSSR count). The summed E-state index contributed by atoms with van der Waals surface area (Å²) in [7, 11) is 0. The van der Waals surface area contributed by atoms with Crippen LogP contribution in [0, 0.1) is 6.92 Å². The molecule has 2 aromatic rings. The van der Waals surface area contributed by atoms with Crippen LogP contribution in [-0.4, -0.2) is 16.7 Å². The van der Waals surface area contributed by atoms with Crippen molar-refractivity contribution in [2.75, 3.05) is 11.9 Å². The van der Waals surface area contributed by atoms with Crippen molar-refractivity contribution < 1.29 is 9.26 Å². The predicted molar refractivity (Wildman–Crippen MR) is 64.0 cm³/mol. The second kappa shape index (κ2) is 5.34. The SMILES string of the molecule is CCOc1cccc(CNc2nc(C)no2)c1. The van der Waals surface area contributed by atoms with Crippen LogP contribution < -0.4 is 10.1 Å². The third-order valence-electron chi connectivity index (χ3n) is 2.18. The monoisotopic (exact) mass is 233 g/mol. The van der Waals surface area contributed by atoms with Crippen LogP contribution >= 0.6 is 0 Å². The van der Waals surface area contributed by atoms with E-state index in [1.54, 1.807) is 6.92 Å².